The maximum Gasteiger partial charge on any atom is 0.260 e. The van der Waals surface area contributed by atoms with Crippen molar-refractivity contribution in [3.05, 3.63) is 73.4 Å². The molecule has 0 saturated carbocycles. The van der Waals surface area contributed by atoms with Gasteiger partial charge in [-0.3, -0.25) is 28.8 Å². The van der Waals surface area contributed by atoms with Crippen molar-refractivity contribution in [3.8, 4) is 17.2 Å². The van der Waals surface area contributed by atoms with E-state index >= 15 is 0 Å². The number of carbonyl (C=O) groups excluding carboxylic acids is 5. The summed E-state index contributed by atoms with van der Waals surface area (Å²) in [6.07, 6.45) is 1.92. The number of thiocarbonyl (C=S) groups is 1. The Labute approximate surface area is 254 Å². The number of aromatic nitrogens is 1. The highest BCUT2D eigenvalue weighted by Gasteiger charge is 2.61. The smallest absolute Gasteiger partial charge is 0.260 e. The summed E-state index contributed by atoms with van der Waals surface area (Å²) in [6.45, 7) is 0. The molecule has 220 valence electrons. The minimum absolute atomic E-state index is 0.0861. The molecule has 0 radical (unpaired) electrons. The zero-order valence-electron chi connectivity index (χ0n) is 22.3. The molecule has 1 unspecified atom stereocenters. The lowest BCUT2D eigenvalue weighted by molar-refractivity contribution is -0.124. The number of ether oxygens (including phenoxy) is 1. The number of nitrogens with one attached hydrogen (secondary N) is 1. The number of methoxy groups -OCH3 is 1. The van der Waals surface area contributed by atoms with Crippen LogP contribution in [0.5, 0.6) is 17.2 Å². The number of pyridine rings is 1. The third-order valence-electron chi connectivity index (χ3n) is 8.30. The zero-order chi connectivity index (χ0) is 31.4. The van der Waals surface area contributed by atoms with Gasteiger partial charge in [0.05, 0.1) is 52.4 Å². The van der Waals surface area contributed by atoms with Gasteiger partial charge in [-0.2, -0.15) is 10.1 Å². The highest BCUT2D eigenvalue weighted by atomic mass is 32.2. The van der Waals surface area contributed by atoms with Gasteiger partial charge in [-0.1, -0.05) is 30.0 Å². The summed E-state index contributed by atoms with van der Waals surface area (Å²) in [6, 6.07) is 3.02. The molecule has 3 aromatic rings. The van der Waals surface area contributed by atoms with Gasteiger partial charge in [-0.25, -0.2) is 0 Å². The van der Waals surface area contributed by atoms with Gasteiger partial charge in [0.1, 0.15) is 22.7 Å². The van der Waals surface area contributed by atoms with Crippen LogP contribution in [0.1, 0.15) is 64.7 Å². The van der Waals surface area contributed by atoms with E-state index in [1.165, 1.54) is 18.3 Å². The molecular formula is C29H17N3O10S2. The SMILES string of the molecule is COC1=CC(=O)c2c(O)c3c(c(O)c2C1=O)C(=O)C1(CCc2cc4cc(C=NN5C(=O)CSC5=S)[nH]c(=O)c4c(O)c21)C3=O. The van der Waals surface area contributed by atoms with Crippen LogP contribution in [-0.4, -0.2) is 77.8 Å². The highest BCUT2D eigenvalue weighted by molar-refractivity contribution is 8.23. The number of rotatable bonds is 3. The minimum atomic E-state index is -2.14. The first-order valence-electron chi connectivity index (χ1n) is 12.9. The number of carbonyl (C=O) groups is 5. The van der Waals surface area contributed by atoms with Gasteiger partial charge >= 0.3 is 0 Å². The molecule has 1 aliphatic heterocycles. The van der Waals surface area contributed by atoms with Crippen LogP contribution < -0.4 is 5.56 Å². The summed E-state index contributed by atoms with van der Waals surface area (Å²) in [5, 5.41) is 38.8. The van der Waals surface area contributed by atoms with Crippen LogP contribution >= 0.6 is 24.0 Å². The third kappa shape index (κ3) is 3.35. The molecule has 1 aromatic heterocycles. The Morgan fingerprint density at radius 2 is 1.68 bits per heavy atom. The Bertz CT molecular complexity index is 2130. The summed E-state index contributed by atoms with van der Waals surface area (Å²) >= 11 is 6.24. The van der Waals surface area contributed by atoms with E-state index in [0.29, 0.717) is 5.56 Å². The molecular weight excluding hydrogens is 614 g/mol. The highest BCUT2D eigenvalue weighted by Crippen LogP contribution is 2.57. The second-order valence-corrected chi connectivity index (χ2v) is 12.1. The van der Waals surface area contributed by atoms with E-state index in [0.717, 1.165) is 30.0 Å². The number of phenolic OH excluding ortho intramolecular Hbond substituents is 3. The standard InChI is InChI=1S/C29H17N3O10S2/c1-42-13-6-12(33)16-17(21(13)35)23(37)19-18(22(16)36)25(39)29(26(19)40)3-2-9-4-10-5-11(7-30-32-14(34)8-44-28(32)43)31-27(41)15(10)24(38)20(9)29/h4-7,36-38H,2-3,8H2,1H3,(H,31,41). The Morgan fingerprint density at radius 1 is 1.00 bits per heavy atom. The molecule has 4 N–H and O–H groups in total. The molecule has 3 aliphatic carbocycles. The first-order valence-corrected chi connectivity index (χ1v) is 14.3. The number of phenols is 3. The van der Waals surface area contributed by atoms with Crippen LogP contribution in [0.3, 0.4) is 0 Å². The fourth-order valence-corrected chi connectivity index (χ4v) is 7.37. The fourth-order valence-electron chi connectivity index (χ4n) is 6.41. The Hall–Kier alpha value is -5.15. The number of thioether (sulfide) groups is 1. The summed E-state index contributed by atoms with van der Waals surface area (Å²) in [5.41, 5.74) is -5.20. The lowest BCUT2D eigenvalue weighted by atomic mass is 9.76. The number of benzene rings is 2. The second-order valence-electron chi connectivity index (χ2n) is 10.4. The van der Waals surface area contributed by atoms with E-state index < -0.39 is 79.4 Å². The van der Waals surface area contributed by atoms with E-state index in [1.54, 1.807) is 0 Å². The van der Waals surface area contributed by atoms with E-state index in [2.05, 4.69) is 10.1 Å². The Kier molecular flexibility index (Phi) is 5.77. The number of fused-ring (bicyclic) bond motifs is 5. The number of ketones is 4. The summed E-state index contributed by atoms with van der Waals surface area (Å²) < 4.78 is 5.16. The van der Waals surface area contributed by atoms with Crippen molar-refractivity contribution >= 4 is 74.3 Å². The predicted molar refractivity (Wildman–Crippen MR) is 158 cm³/mol. The zero-order valence-corrected chi connectivity index (χ0v) is 24.0. The number of aromatic hydroxyl groups is 3. The van der Waals surface area contributed by atoms with Gasteiger partial charge in [-0.05, 0) is 29.9 Å². The van der Waals surface area contributed by atoms with Crippen molar-refractivity contribution in [2.75, 3.05) is 12.9 Å². The van der Waals surface area contributed by atoms with Crippen LogP contribution in [0, 0.1) is 0 Å². The van der Waals surface area contributed by atoms with Crippen molar-refractivity contribution in [2.24, 2.45) is 5.10 Å². The van der Waals surface area contributed by atoms with E-state index in [4.69, 9.17) is 17.0 Å². The molecule has 15 heteroatoms. The molecule has 0 bridgehead atoms. The molecule has 1 atom stereocenters. The Balaban J connectivity index is 1.38. The number of H-pyrrole nitrogens is 1. The maximum absolute atomic E-state index is 14.1. The van der Waals surface area contributed by atoms with Gasteiger partial charge in [0.25, 0.3) is 11.5 Å². The van der Waals surface area contributed by atoms with Gasteiger partial charge in [0, 0.05) is 11.6 Å². The van der Waals surface area contributed by atoms with Crippen molar-refractivity contribution < 1.29 is 44.0 Å². The first-order chi connectivity index (χ1) is 20.9. The number of aryl methyl sites for hydroxylation is 1. The van der Waals surface area contributed by atoms with Crippen molar-refractivity contribution in [1.82, 2.24) is 9.99 Å². The molecule has 2 aromatic carbocycles. The Morgan fingerprint density at radius 3 is 2.32 bits per heavy atom. The normalized spacial score (nSPS) is 20.8. The molecule has 44 heavy (non-hydrogen) atoms. The van der Waals surface area contributed by atoms with Crippen molar-refractivity contribution in [1.29, 1.82) is 0 Å². The van der Waals surface area contributed by atoms with Crippen LogP contribution in [0.25, 0.3) is 10.8 Å². The molecule has 7 rings (SSSR count). The van der Waals surface area contributed by atoms with Gasteiger partial charge in [-0.15, -0.1) is 0 Å². The lowest BCUT2D eigenvalue weighted by Gasteiger charge is -2.22. The third-order valence-corrected chi connectivity index (χ3v) is 9.64. The number of Topliss-reactive ketones (excluding diaryl/α,β-unsaturated/α-hetero) is 3. The molecule has 1 spiro atoms. The first kappa shape index (κ1) is 27.7. The molecule has 2 heterocycles. The number of hydrogen-bond donors (Lipinski definition) is 4. The predicted octanol–water partition coefficient (Wildman–Crippen LogP) is 2.01. The quantitative estimate of drug-likeness (QED) is 0.142. The maximum atomic E-state index is 14.1. The average Bonchev–Trinajstić information content (AvgIpc) is 3.60. The number of nitrogens with zero attached hydrogens (tertiary/aromatic N) is 2. The number of aromatic amines is 1. The summed E-state index contributed by atoms with van der Waals surface area (Å²) in [7, 11) is 1.12. The van der Waals surface area contributed by atoms with Gasteiger partial charge in [0.15, 0.2) is 27.4 Å². The number of hydrazone groups is 1. The van der Waals surface area contributed by atoms with Crippen LogP contribution in [0.15, 0.2) is 33.9 Å². The topological polar surface area (TPSA) is 204 Å². The van der Waals surface area contributed by atoms with Crippen LogP contribution in [-0.2, 0) is 21.4 Å². The molecule has 13 nitrogen and oxygen atoms in total. The number of allylic oxidation sites excluding steroid dienone is 2. The van der Waals surface area contributed by atoms with Crippen molar-refractivity contribution in [2.45, 2.75) is 18.3 Å². The van der Waals surface area contributed by atoms with E-state index in [1.807, 2.05) is 0 Å². The average molecular weight is 632 g/mol. The van der Waals surface area contributed by atoms with E-state index in [9.17, 15) is 44.1 Å². The van der Waals surface area contributed by atoms with Crippen LogP contribution in [0.4, 0.5) is 0 Å². The van der Waals surface area contributed by atoms with Gasteiger partial charge in [0.2, 0.25) is 5.78 Å². The largest absolute Gasteiger partial charge is 0.507 e. The fraction of sp³-hybridized carbons (Fsp3) is 0.172. The summed E-state index contributed by atoms with van der Waals surface area (Å²) in [4.78, 5) is 81.6. The number of amides is 1. The summed E-state index contributed by atoms with van der Waals surface area (Å²) in [5.74, 6) is -7.07. The number of hydrogen-bond acceptors (Lipinski definition) is 13. The van der Waals surface area contributed by atoms with E-state index in [-0.39, 0.29) is 50.9 Å². The van der Waals surface area contributed by atoms with Gasteiger partial charge < -0.3 is 25.0 Å². The molecule has 4 aliphatic rings. The minimum Gasteiger partial charge on any atom is -0.507 e. The van der Waals surface area contributed by atoms with Crippen molar-refractivity contribution in [3.63, 3.8) is 0 Å². The molecule has 1 amide bonds. The lowest BCUT2D eigenvalue weighted by Crippen LogP contribution is -2.36. The molecule has 1 fully saturated rings. The monoisotopic (exact) mass is 631 g/mol. The second kappa shape index (κ2) is 9.17. The van der Waals surface area contributed by atoms with Crippen LogP contribution in [0.2, 0.25) is 0 Å². The molecule has 1 saturated heterocycles.